The second kappa shape index (κ2) is 11.3. The van der Waals surface area contributed by atoms with E-state index in [0.29, 0.717) is 30.6 Å². The van der Waals surface area contributed by atoms with E-state index in [0.717, 1.165) is 45.9 Å². The first kappa shape index (κ1) is 29.8. The molecule has 1 aliphatic heterocycles. The van der Waals surface area contributed by atoms with Gasteiger partial charge >= 0.3 is 6.09 Å². The van der Waals surface area contributed by atoms with Crippen molar-refractivity contribution in [1.29, 1.82) is 0 Å². The molecular formula is C34H40N6O4. The van der Waals surface area contributed by atoms with E-state index in [1.54, 1.807) is 31.8 Å². The third kappa shape index (κ3) is 5.79. The third-order valence-electron chi connectivity index (χ3n) is 8.20. The molecule has 1 amide bonds. The lowest BCUT2D eigenvalue weighted by atomic mass is 9.86. The Morgan fingerprint density at radius 3 is 2.45 bits per heavy atom. The Bertz CT molecular complexity index is 1810. The smallest absolute Gasteiger partial charge is 0.413 e. The number of hydrogen-bond donors (Lipinski definition) is 2. The Labute approximate surface area is 257 Å². The lowest BCUT2D eigenvalue weighted by Crippen LogP contribution is -2.27. The van der Waals surface area contributed by atoms with Gasteiger partial charge in [-0.15, -0.1) is 5.10 Å². The molecule has 10 heteroatoms. The van der Waals surface area contributed by atoms with Crippen LogP contribution in [0.2, 0.25) is 0 Å². The summed E-state index contributed by atoms with van der Waals surface area (Å²) in [6.45, 7) is 10.5. The van der Waals surface area contributed by atoms with Crippen LogP contribution in [0.15, 0.2) is 60.8 Å². The Morgan fingerprint density at radius 2 is 1.77 bits per heavy atom. The molecule has 5 aromatic rings. The van der Waals surface area contributed by atoms with Crippen molar-refractivity contribution in [3.05, 3.63) is 71.9 Å². The first-order chi connectivity index (χ1) is 20.9. The minimum atomic E-state index is -1.02. The molecule has 1 saturated heterocycles. The summed E-state index contributed by atoms with van der Waals surface area (Å²) in [5.74, 6) is 0.612. The number of carbonyl (C=O) groups is 1. The topological polar surface area (TPSA) is 116 Å². The van der Waals surface area contributed by atoms with Crippen molar-refractivity contribution in [1.82, 2.24) is 24.5 Å². The van der Waals surface area contributed by atoms with Crippen LogP contribution in [0.25, 0.3) is 33.2 Å². The van der Waals surface area contributed by atoms with Crippen LogP contribution in [0, 0.1) is 5.92 Å². The van der Waals surface area contributed by atoms with Gasteiger partial charge in [-0.25, -0.2) is 9.48 Å². The predicted octanol–water partition coefficient (Wildman–Crippen LogP) is 6.58. The van der Waals surface area contributed by atoms with Gasteiger partial charge in [0, 0.05) is 37.4 Å². The molecule has 0 bridgehead atoms. The van der Waals surface area contributed by atoms with Crippen LogP contribution in [0.5, 0.6) is 0 Å². The summed E-state index contributed by atoms with van der Waals surface area (Å²) < 4.78 is 15.3. The number of ether oxygens (including phenoxy) is 2. The van der Waals surface area contributed by atoms with Crippen molar-refractivity contribution in [2.75, 3.05) is 18.5 Å². The molecule has 0 aliphatic carbocycles. The maximum Gasteiger partial charge on any atom is 0.413 e. The molecule has 2 aromatic carbocycles. The van der Waals surface area contributed by atoms with Gasteiger partial charge in [-0.05, 0) is 76.6 Å². The van der Waals surface area contributed by atoms with E-state index < -0.39 is 17.3 Å². The van der Waals surface area contributed by atoms with E-state index in [9.17, 15) is 9.90 Å². The van der Waals surface area contributed by atoms with E-state index >= 15 is 0 Å². The second-order valence-corrected chi connectivity index (χ2v) is 13.1. The number of rotatable bonds is 6. The van der Waals surface area contributed by atoms with Crippen molar-refractivity contribution in [3.63, 3.8) is 0 Å². The standard InChI is InChI=1S/C34H40N6O4/c1-33(2,3)44-32(41)36-31-30(39(6)38-37-31)23-18-27-28(35-20-23)25-13-12-24(34(4,5)42)19-26(25)40(27)29(21-10-8-7-9-11-21)22-14-16-43-17-15-22/h7-13,18-20,22,29,42H,14-17H2,1-6H3,(H,36,41). The number of amides is 1. The molecule has 10 nitrogen and oxygen atoms in total. The van der Waals surface area contributed by atoms with Crippen LogP contribution >= 0.6 is 0 Å². The average Bonchev–Trinajstić information content (AvgIpc) is 3.49. The first-order valence-electron chi connectivity index (χ1n) is 15.1. The summed E-state index contributed by atoms with van der Waals surface area (Å²) in [5.41, 5.74) is 4.51. The SMILES string of the molecule is Cn1nnc(NC(=O)OC(C)(C)C)c1-c1cnc2c3ccc(C(C)(C)O)cc3n(C(c3ccccc3)C3CCOCC3)c2c1. The molecule has 4 heterocycles. The number of aliphatic hydroxyl groups is 1. The molecule has 230 valence electrons. The maximum absolute atomic E-state index is 12.7. The summed E-state index contributed by atoms with van der Waals surface area (Å²) in [6, 6.07) is 18.8. The van der Waals surface area contributed by atoms with E-state index in [2.05, 4.69) is 62.7 Å². The summed E-state index contributed by atoms with van der Waals surface area (Å²) in [5, 5.41) is 23.2. The zero-order valence-electron chi connectivity index (χ0n) is 26.2. The molecule has 6 rings (SSSR count). The summed E-state index contributed by atoms with van der Waals surface area (Å²) in [7, 11) is 1.78. The number of pyridine rings is 1. The first-order valence-corrected chi connectivity index (χ1v) is 15.1. The number of nitrogens with one attached hydrogen (secondary N) is 1. The van der Waals surface area contributed by atoms with Gasteiger partial charge in [0.15, 0.2) is 5.82 Å². The molecule has 1 atom stereocenters. The fraction of sp³-hybridized carbons (Fsp3) is 0.412. The van der Waals surface area contributed by atoms with Crippen molar-refractivity contribution in [3.8, 4) is 11.3 Å². The van der Waals surface area contributed by atoms with E-state index in [1.165, 1.54) is 5.56 Å². The normalized spacial score (nSPS) is 15.5. The number of aromatic nitrogens is 5. The van der Waals surface area contributed by atoms with Crippen molar-refractivity contribution in [2.45, 2.75) is 64.7 Å². The minimum Gasteiger partial charge on any atom is -0.444 e. The van der Waals surface area contributed by atoms with E-state index in [1.807, 2.05) is 32.9 Å². The van der Waals surface area contributed by atoms with Crippen molar-refractivity contribution >= 4 is 33.8 Å². The van der Waals surface area contributed by atoms with Crippen molar-refractivity contribution < 1.29 is 19.4 Å². The highest BCUT2D eigenvalue weighted by Gasteiger charge is 2.31. The fourth-order valence-electron chi connectivity index (χ4n) is 6.19. The maximum atomic E-state index is 12.7. The highest BCUT2D eigenvalue weighted by molar-refractivity contribution is 6.07. The Hall–Kier alpha value is -4.28. The number of anilines is 1. The van der Waals surface area contributed by atoms with Gasteiger partial charge in [-0.1, -0.05) is 47.7 Å². The molecule has 1 aliphatic rings. The molecule has 1 fully saturated rings. The van der Waals surface area contributed by atoms with E-state index in [-0.39, 0.29) is 6.04 Å². The van der Waals surface area contributed by atoms with Gasteiger partial charge in [0.1, 0.15) is 11.3 Å². The number of fused-ring (bicyclic) bond motifs is 3. The lowest BCUT2D eigenvalue weighted by molar-refractivity contribution is 0.0552. The number of aryl methyl sites for hydroxylation is 1. The quantitative estimate of drug-likeness (QED) is 0.228. The lowest BCUT2D eigenvalue weighted by Gasteiger charge is -2.33. The molecule has 44 heavy (non-hydrogen) atoms. The number of carbonyl (C=O) groups excluding carboxylic acids is 1. The summed E-state index contributed by atoms with van der Waals surface area (Å²) >= 11 is 0. The van der Waals surface area contributed by atoms with Crippen LogP contribution in [0.4, 0.5) is 10.6 Å². The van der Waals surface area contributed by atoms with Crippen LogP contribution < -0.4 is 5.32 Å². The minimum absolute atomic E-state index is 0.00164. The van der Waals surface area contributed by atoms with Gasteiger partial charge in [0.25, 0.3) is 0 Å². The fourth-order valence-corrected chi connectivity index (χ4v) is 6.19. The van der Waals surface area contributed by atoms with Gasteiger partial charge < -0.3 is 19.1 Å². The zero-order valence-corrected chi connectivity index (χ0v) is 26.2. The number of nitrogens with zero attached hydrogens (tertiary/aromatic N) is 5. The number of hydrogen-bond acceptors (Lipinski definition) is 7. The molecule has 0 spiro atoms. The Kier molecular flexibility index (Phi) is 7.67. The second-order valence-electron chi connectivity index (χ2n) is 13.1. The van der Waals surface area contributed by atoms with Crippen LogP contribution in [-0.2, 0) is 22.1 Å². The summed E-state index contributed by atoms with van der Waals surface area (Å²) in [6.07, 6.45) is 3.04. The average molecular weight is 597 g/mol. The molecular weight excluding hydrogens is 556 g/mol. The molecule has 1 unspecified atom stereocenters. The van der Waals surface area contributed by atoms with Gasteiger partial charge in [-0.3, -0.25) is 10.3 Å². The number of benzene rings is 2. The van der Waals surface area contributed by atoms with Gasteiger partial charge in [-0.2, -0.15) is 0 Å². The van der Waals surface area contributed by atoms with Gasteiger partial charge in [0.05, 0.1) is 28.2 Å². The molecule has 0 saturated carbocycles. The van der Waals surface area contributed by atoms with Gasteiger partial charge in [0.2, 0.25) is 0 Å². The zero-order chi connectivity index (χ0) is 31.2. The molecule has 3 aromatic heterocycles. The highest BCUT2D eigenvalue weighted by Crippen LogP contribution is 2.42. The molecule has 2 N–H and O–H groups in total. The Balaban J connectivity index is 1.59. The van der Waals surface area contributed by atoms with Crippen molar-refractivity contribution in [2.24, 2.45) is 13.0 Å². The third-order valence-corrected chi connectivity index (χ3v) is 8.20. The predicted molar refractivity (Wildman–Crippen MR) is 170 cm³/mol. The highest BCUT2D eigenvalue weighted by atomic mass is 16.6. The van der Waals surface area contributed by atoms with E-state index in [4.69, 9.17) is 14.5 Å². The van der Waals surface area contributed by atoms with Crippen LogP contribution in [-0.4, -0.2) is 54.6 Å². The Morgan fingerprint density at radius 1 is 1.05 bits per heavy atom. The summed E-state index contributed by atoms with van der Waals surface area (Å²) in [4.78, 5) is 17.7. The van der Waals surface area contributed by atoms with Crippen LogP contribution in [0.3, 0.4) is 0 Å². The monoisotopic (exact) mass is 596 g/mol. The largest absolute Gasteiger partial charge is 0.444 e. The molecule has 0 radical (unpaired) electrons. The van der Waals surface area contributed by atoms with Crippen LogP contribution in [0.1, 0.15) is 64.6 Å².